The number of carboxylic acid groups (broad SMARTS) is 1. The van der Waals surface area contributed by atoms with Crippen molar-refractivity contribution < 1.29 is 28.6 Å². The summed E-state index contributed by atoms with van der Waals surface area (Å²) in [5.74, 6) is -0.978. The highest BCUT2D eigenvalue weighted by Crippen LogP contribution is 2.51. The van der Waals surface area contributed by atoms with Gasteiger partial charge in [-0.05, 0) is 66.8 Å². The van der Waals surface area contributed by atoms with Crippen LogP contribution >= 0.6 is 0 Å². The van der Waals surface area contributed by atoms with Gasteiger partial charge in [0, 0.05) is 11.3 Å². The smallest absolute Gasteiger partial charge is 0.338 e. The summed E-state index contributed by atoms with van der Waals surface area (Å²) in [5, 5.41) is 12.2. The second-order valence-electron chi connectivity index (χ2n) is 8.11. The van der Waals surface area contributed by atoms with Gasteiger partial charge in [-0.2, -0.15) is 0 Å². The molecule has 0 atom stereocenters. The van der Waals surface area contributed by atoms with Crippen LogP contribution in [0.15, 0.2) is 54.6 Å². The van der Waals surface area contributed by atoms with Crippen molar-refractivity contribution in [1.29, 1.82) is 0 Å². The molecule has 0 spiro atoms. The number of amides is 1. The maximum absolute atomic E-state index is 14.8. The van der Waals surface area contributed by atoms with Crippen molar-refractivity contribution in [3.05, 3.63) is 77.1 Å². The molecule has 3 aromatic carbocycles. The maximum Gasteiger partial charge on any atom is 0.338 e. The average molecular weight is 433 g/mol. The van der Waals surface area contributed by atoms with Gasteiger partial charge < -0.3 is 19.9 Å². The Kier molecular flexibility index (Phi) is 4.62. The molecule has 32 heavy (non-hydrogen) atoms. The third-order valence-electron chi connectivity index (χ3n) is 6.12. The molecule has 2 N–H and O–H groups in total. The molecule has 0 radical (unpaired) electrons. The Balaban J connectivity index is 1.44. The highest BCUT2D eigenvalue weighted by atomic mass is 19.1. The predicted molar refractivity (Wildman–Crippen MR) is 116 cm³/mol. The molecule has 2 aliphatic rings. The van der Waals surface area contributed by atoms with Crippen LogP contribution in [-0.2, 0) is 10.2 Å². The van der Waals surface area contributed by atoms with Crippen molar-refractivity contribution in [1.82, 2.24) is 0 Å². The number of nitrogens with one attached hydrogen (secondary N) is 1. The number of rotatable bonds is 5. The van der Waals surface area contributed by atoms with Gasteiger partial charge in [-0.15, -0.1) is 0 Å². The quantitative estimate of drug-likeness (QED) is 0.598. The van der Waals surface area contributed by atoms with Crippen LogP contribution in [0.4, 0.5) is 10.1 Å². The molecule has 0 saturated heterocycles. The molecule has 7 heteroatoms. The van der Waals surface area contributed by atoms with E-state index in [-0.39, 0.29) is 18.3 Å². The lowest BCUT2D eigenvalue weighted by Gasteiger charge is -2.17. The summed E-state index contributed by atoms with van der Waals surface area (Å²) < 4.78 is 25.6. The van der Waals surface area contributed by atoms with Gasteiger partial charge in [-0.3, -0.25) is 4.79 Å². The van der Waals surface area contributed by atoms with Gasteiger partial charge >= 0.3 is 5.97 Å². The van der Waals surface area contributed by atoms with E-state index >= 15 is 0 Å². The summed E-state index contributed by atoms with van der Waals surface area (Å²) in [6.07, 6.45) is 1.43. The van der Waals surface area contributed by atoms with Crippen LogP contribution in [-0.4, -0.2) is 23.8 Å². The first kappa shape index (κ1) is 20.1. The minimum Gasteiger partial charge on any atom is -0.478 e. The SMILES string of the molecule is Cc1ccc(NC(=O)C2(c3ccc4c(c3)OCO4)CC2)cc1-c1cccc(C(=O)O)c1F. The largest absolute Gasteiger partial charge is 0.478 e. The lowest BCUT2D eigenvalue weighted by molar-refractivity contribution is -0.118. The zero-order valence-electron chi connectivity index (χ0n) is 17.3. The average Bonchev–Trinajstić information content (AvgIpc) is 3.46. The molecule has 3 aromatic rings. The molecular weight excluding hydrogens is 413 g/mol. The summed E-state index contributed by atoms with van der Waals surface area (Å²) in [4.78, 5) is 24.5. The Labute approximate surface area is 183 Å². The first-order valence-electron chi connectivity index (χ1n) is 10.2. The Morgan fingerprint density at radius 1 is 1.00 bits per heavy atom. The van der Waals surface area contributed by atoms with E-state index in [0.29, 0.717) is 35.6 Å². The molecule has 0 aromatic heterocycles. The Bertz CT molecular complexity index is 1270. The zero-order chi connectivity index (χ0) is 22.5. The van der Waals surface area contributed by atoms with E-state index in [1.54, 1.807) is 18.2 Å². The molecule has 5 rings (SSSR count). The van der Waals surface area contributed by atoms with Crippen LogP contribution in [0.25, 0.3) is 11.1 Å². The van der Waals surface area contributed by atoms with E-state index < -0.39 is 22.8 Å². The number of halogens is 1. The van der Waals surface area contributed by atoms with Gasteiger partial charge in [0.05, 0.1) is 11.0 Å². The predicted octanol–water partition coefficient (Wildman–Crippen LogP) is 4.90. The van der Waals surface area contributed by atoms with Crippen molar-refractivity contribution in [2.24, 2.45) is 0 Å². The number of aryl methyl sites for hydroxylation is 1. The highest BCUT2D eigenvalue weighted by Gasteiger charge is 2.51. The molecule has 1 amide bonds. The number of hydrogen-bond acceptors (Lipinski definition) is 4. The van der Waals surface area contributed by atoms with Crippen LogP contribution in [0.2, 0.25) is 0 Å². The summed E-state index contributed by atoms with van der Waals surface area (Å²) in [6.45, 7) is 1.98. The summed E-state index contributed by atoms with van der Waals surface area (Å²) in [6, 6.07) is 15.0. The fraction of sp³-hybridized carbons (Fsp3) is 0.200. The number of aromatic carboxylic acids is 1. The van der Waals surface area contributed by atoms with Crippen LogP contribution in [0.3, 0.4) is 0 Å². The molecule has 1 aliphatic heterocycles. The number of fused-ring (bicyclic) bond motifs is 1. The first-order chi connectivity index (χ1) is 15.4. The van der Waals surface area contributed by atoms with Gasteiger partial charge in [0.15, 0.2) is 11.5 Å². The normalized spacial score (nSPS) is 15.3. The van der Waals surface area contributed by atoms with Crippen molar-refractivity contribution in [3.8, 4) is 22.6 Å². The molecule has 1 fully saturated rings. The molecule has 1 saturated carbocycles. The number of anilines is 1. The van der Waals surface area contributed by atoms with Crippen molar-refractivity contribution >= 4 is 17.6 Å². The lowest BCUT2D eigenvalue weighted by atomic mass is 9.94. The first-order valence-corrected chi connectivity index (χ1v) is 10.2. The lowest BCUT2D eigenvalue weighted by Crippen LogP contribution is -2.27. The topological polar surface area (TPSA) is 84.9 Å². The van der Waals surface area contributed by atoms with Gasteiger partial charge in [-0.1, -0.05) is 24.3 Å². The van der Waals surface area contributed by atoms with E-state index in [2.05, 4.69) is 5.32 Å². The molecule has 0 unspecified atom stereocenters. The number of carbonyl (C=O) groups excluding carboxylic acids is 1. The number of hydrogen-bond donors (Lipinski definition) is 2. The number of benzene rings is 3. The van der Waals surface area contributed by atoms with Gasteiger partial charge in [0.25, 0.3) is 0 Å². The molecular formula is C25H20FNO5. The van der Waals surface area contributed by atoms with E-state index in [1.165, 1.54) is 18.2 Å². The third kappa shape index (κ3) is 3.26. The van der Waals surface area contributed by atoms with Crippen molar-refractivity contribution in [2.45, 2.75) is 25.2 Å². The number of ether oxygens (including phenoxy) is 2. The highest BCUT2D eigenvalue weighted by molar-refractivity contribution is 6.02. The summed E-state index contributed by atoms with van der Waals surface area (Å²) in [5.41, 5.74) is 1.82. The maximum atomic E-state index is 14.8. The van der Waals surface area contributed by atoms with E-state index in [1.807, 2.05) is 25.1 Å². The summed E-state index contributed by atoms with van der Waals surface area (Å²) in [7, 11) is 0. The van der Waals surface area contributed by atoms with E-state index in [9.17, 15) is 19.1 Å². The van der Waals surface area contributed by atoms with Crippen LogP contribution in [0, 0.1) is 12.7 Å². The van der Waals surface area contributed by atoms with Crippen molar-refractivity contribution in [2.75, 3.05) is 12.1 Å². The molecule has 162 valence electrons. The molecule has 6 nitrogen and oxygen atoms in total. The standard InChI is InChI=1S/C25H20FNO5/c1-14-5-7-16(12-19(14)17-3-2-4-18(22(17)26)23(28)29)27-24(30)25(9-10-25)15-6-8-20-21(11-15)32-13-31-20/h2-8,11-12H,9-10,13H2,1H3,(H,27,30)(H,28,29). The second kappa shape index (κ2) is 7.37. The Hall–Kier alpha value is -3.87. The monoisotopic (exact) mass is 433 g/mol. The van der Waals surface area contributed by atoms with Crippen LogP contribution in [0.5, 0.6) is 11.5 Å². The number of carboxylic acids is 1. The Morgan fingerprint density at radius 3 is 2.53 bits per heavy atom. The van der Waals surface area contributed by atoms with E-state index in [4.69, 9.17) is 9.47 Å². The molecule has 1 aliphatic carbocycles. The zero-order valence-corrected chi connectivity index (χ0v) is 17.3. The van der Waals surface area contributed by atoms with Crippen LogP contribution in [0.1, 0.15) is 34.3 Å². The van der Waals surface area contributed by atoms with Gasteiger partial charge in [0.1, 0.15) is 5.82 Å². The van der Waals surface area contributed by atoms with Gasteiger partial charge in [-0.25, -0.2) is 9.18 Å². The second-order valence-corrected chi connectivity index (χ2v) is 8.11. The third-order valence-corrected chi connectivity index (χ3v) is 6.12. The van der Waals surface area contributed by atoms with Gasteiger partial charge in [0.2, 0.25) is 12.7 Å². The fourth-order valence-corrected chi connectivity index (χ4v) is 4.11. The Morgan fingerprint density at radius 2 is 1.78 bits per heavy atom. The minimum absolute atomic E-state index is 0.147. The number of carbonyl (C=O) groups is 2. The van der Waals surface area contributed by atoms with E-state index in [0.717, 1.165) is 11.1 Å². The van der Waals surface area contributed by atoms with Crippen LogP contribution < -0.4 is 14.8 Å². The minimum atomic E-state index is -1.33. The molecule has 1 heterocycles. The fourth-order valence-electron chi connectivity index (χ4n) is 4.11. The van der Waals surface area contributed by atoms with Crippen molar-refractivity contribution in [3.63, 3.8) is 0 Å². The summed E-state index contributed by atoms with van der Waals surface area (Å²) >= 11 is 0. The molecule has 0 bridgehead atoms.